The lowest BCUT2D eigenvalue weighted by Crippen LogP contribution is -2.47. The molecule has 0 aliphatic carbocycles. The summed E-state index contributed by atoms with van der Waals surface area (Å²) >= 11 is 5.90. The molecule has 2 heterocycles. The van der Waals surface area contributed by atoms with Crippen LogP contribution < -0.4 is 10.2 Å². The van der Waals surface area contributed by atoms with Crippen LogP contribution >= 0.6 is 11.6 Å². The maximum Gasteiger partial charge on any atom is 0.231 e. The molecule has 0 spiro atoms. The second kappa shape index (κ2) is 6.09. The SMILES string of the molecule is CCCNc1nc(Cl)nc(N2CCS(=O)(=O)CC2C)n1. The molecule has 1 aliphatic rings. The first-order valence-corrected chi connectivity index (χ1v) is 8.73. The number of nitrogens with one attached hydrogen (secondary N) is 1. The van der Waals surface area contributed by atoms with Gasteiger partial charge in [0.05, 0.1) is 11.5 Å². The largest absolute Gasteiger partial charge is 0.354 e. The summed E-state index contributed by atoms with van der Waals surface area (Å²) in [6.07, 6.45) is 0.941. The smallest absolute Gasteiger partial charge is 0.231 e. The molecule has 1 saturated heterocycles. The molecule has 20 heavy (non-hydrogen) atoms. The van der Waals surface area contributed by atoms with E-state index >= 15 is 0 Å². The number of halogens is 1. The molecular formula is C11H18ClN5O2S. The van der Waals surface area contributed by atoms with Gasteiger partial charge in [-0.25, -0.2) is 8.42 Å². The average Bonchev–Trinajstić information content (AvgIpc) is 2.34. The van der Waals surface area contributed by atoms with Crippen LogP contribution in [-0.2, 0) is 9.84 Å². The standard InChI is InChI=1S/C11H18ClN5O2S/c1-3-4-13-10-14-9(12)15-11(16-10)17-5-6-20(18,19)7-8(17)2/h8H,3-7H2,1-2H3,(H,13,14,15,16). The fraction of sp³-hybridized carbons (Fsp3) is 0.727. The van der Waals surface area contributed by atoms with Crippen molar-refractivity contribution in [2.24, 2.45) is 0 Å². The van der Waals surface area contributed by atoms with Gasteiger partial charge in [-0.15, -0.1) is 0 Å². The minimum absolute atomic E-state index is 0.105. The molecule has 2 rings (SSSR count). The molecule has 1 aliphatic heterocycles. The average molecular weight is 320 g/mol. The highest BCUT2D eigenvalue weighted by Crippen LogP contribution is 2.20. The minimum Gasteiger partial charge on any atom is -0.354 e. The quantitative estimate of drug-likeness (QED) is 0.884. The monoisotopic (exact) mass is 319 g/mol. The Labute approximate surface area is 123 Å². The highest BCUT2D eigenvalue weighted by atomic mass is 35.5. The summed E-state index contributed by atoms with van der Waals surface area (Å²) in [6, 6.07) is -0.175. The second-order valence-electron chi connectivity index (χ2n) is 4.81. The van der Waals surface area contributed by atoms with Gasteiger partial charge < -0.3 is 10.2 Å². The molecular weight excluding hydrogens is 302 g/mol. The van der Waals surface area contributed by atoms with Crippen molar-refractivity contribution in [2.75, 3.05) is 34.8 Å². The summed E-state index contributed by atoms with van der Waals surface area (Å²) in [4.78, 5) is 14.3. The van der Waals surface area contributed by atoms with Crippen LogP contribution in [0.1, 0.15) is 20.3 Å². The van der Waals surface area contributed by atoms with E-state index in [1.165, 1.54) is 0 Å². The molecule has 0 amide bonds. The van der Waals surface area contributed by atoms with E-state index in [0.29, 0.717) is 18.4 Å². The maximum absolute atomic E-state index is 11.6. The van der Waals surface area contributed by atoms with Crippen LogP contribution in [0.2, 0.25) is 5.28 Å². The number of anilines is 2. The second-order valence-corrected chi connectivity index (χ2v) is 7.38. The normalized spacial score (nSPS) is 21.8. The molecule has 1 fully saturated rings. The number of hydrogen-bond acceptors (Lipinski definition) is 7. The summed E-state index contributed by atoms with van der Waals surface area (Å²) in [5, 5.41) is 3.16. The fourth-order valence-corrected chi connectivity index (χ4v) is 3.79. The zero-order chi connectivity index (χ0) is 14.8. The maximum atomic E-state index is 11.6. The van der Waals surface area contributed by atoms with Crippen molar-refractivity contribution in [2.45, 2.75) is 26.3 Å². The van der Waals surface area contributed by atoms with Gasteiger partial charge in [-0.2, -0.15) is 15.0 Å². The van der Waals surface area contributed by atoms with Crippen molar-refractivity contribution in [1.82, 2.24) is 15.0 Å². The van der Waals surface area contributed by atoms with Crippen LogP contribution in [0.4, 0.5) is 11.9 Å². The van der Waals surface area contributed by atoms with Crippen molar-refractivity contribution in [1.29, 1.82) is 0 Å². The van der Waals surface area contributed by atoms with Crippen LogP contribution in [0.3, 0.4) is 0 Å². The van der Waals surface area contributed by atoms with Crippen molar-refractivity contribution in [3.63, 3.8) is 0 Å². The Bertz CT molecular complexity index is 580. The van der Waals surface area contributed by atoms with Gasteiger partial charge in [0, 0.05) is 19.1 Å². The first kappa shape index (κ1) is 15.2. The molecule has 112 valence electrons. The molecule has 1 N–H and O–H groups in total. The van der Waals surface area contributed by atoms with E-state index in [9.17, 15) is 8.42 Å². The topological polar surface area (TPSA) is 88.1 Å². The molecule has 1 unspecified atom stereocenters. The number of rotatable bonds is 4. The lowest BCUT2D eigenvalue weighted by molar-refractivity contribution is 0.564. The van der Waals surface area contributed by atoms with E-state index in [4.69, 9.17) is 11.6 Å². The predicted molar refractivity (Wildman–Crippen MR) is 79.1 cm³/mol. The predicted octanol–water partition coefficient (Wildman–Crippen LogP) is 0.970. The van der Waals surface area contributed by atoms with Gasteiger partial charge in [-0.3, -0.25) is 0 Å². The Hall–Kier alpha value is -1.15. The number of hydrogen-bond donors (Lipinski definition) is 1. The zero-order valence-corrected chi connectivity index (χ0v) is 13.1. The van der Waals surface area contributed by atoms with Crippen LogP contribution in [0, 0.1) is 0 Å². The Morgan fingerprint density at radius 2 is 2.15 bits per heavy atom. The van der Waals surface area contributed by atoms with Crippen LogP contribution in [0.5, 0.6) is 0 Å². The summed E-state index contributed by atoms with van der Waals surface area (Å²) in [5.41, 5.74) is 0. The molecule has 7 nitrogen and oxygen atoms in total. The third kappa shape index (κ3) is 3.69. The van der Waals surface area contributed by atoms with Crippen LogP contribution in [0.25, 0.3) is 0 Å². The molecule has 1 aromatic heterocycles. The molecule has 1 atom stereocenters. The molecule has 0 bridgehead atoms. The van der Waals surface area contributed by atoms with Gasteiger partial charge >= 0.3 is 0 Å². The Morgan fingerprint density at radius 1 is 1.40 bits per heavy atom. The Morgan fingerprint density at radius 3 is 2.80 bits per heavy atom. The number of aromatic nitrogens is 3. The van der Waals surface area contributed by atoms with Gasteiger partial charge in [0.1, 0.15) is 0 Å². The van der Waals surface area contributed by atoms with Crippen LogP contribution in [0.15, 0.2) is 0 Å². The van der Waals surface area contributed by atoms with Gasteiger partial charge in [-0.1, -0.05) is 6.92 Å². The summed E-state index contributed by atoms with van der Waals surface area (Å²) in [5.74, 6) is 1.06. The van der Waals surface area contributed by atoms with E-state index in [1.807, 2.05) is 18.7 Å². The summed E-state index contributed by atoms with van der Waals surface area (Å²) in [6.45, 7) is 4.99. The van der Waals surface area contributed by atoms with Crippen molar-refractivity contribution in [3.8, 4) is 0 Å². The first-order valence-electron chi connectivity index (χ1n) is 6.54. The van der Waals surface area contributed by atoms with E-state index in [-0.39, 0.29) is 22.8 Å². The van der Waals surface area contributed by atoms with E-state index in [1.54, 1.807) is 0 Å². The number of sulfone groups is 1. The summed E-state index contributed by atoms with van der Waals surface area (Å²) < 4.78 is 23.2. The molecule has 9 heteroatoms. The Balaban J connectivity index is 2.22. The molecule has 0 radical (unpaired) electrons. The molecule has 0 saturated carbocycles. The summed E-state index contributed by atoms with van der Waals surface area (Å²) in [7, 11) is -2.97. The van der Waals surface area contributed by atoms with Crippen molar-refractivity contribution in [3.05, 3.63) is 5.28 Å². The van der Waals surface area contributed by atoms with Crippen molar-refractivity contribution < 1.29 is 8.42 Å². The van der Waals surface area contributed by atoms with E-state index in [0.717, 1.165) is 13.0 Å². The third-order valence-corrected chi connectivity index (χ3v) is 5.02. The first-order chi connectivity index (χ1) is 9.41. The fourth-order valence-electron chi connectivity index (χ4n) is 2.08. The van der Waals surface area contributed by atoms with E-state index in [2.05, 4.69) is 20.3 Å². The highest BCUT2D eigenvalue weighted by Gasteiger charge is 2.30. The van der Waals surface area contributed by atoms with Gasteiger partial charge in [-0.05, 0) is 24.9 Å². The van der Waals surface area contributed by atoms with Gasteiger partial charge in [0.25, 0.3) is 0 Å². The highest BCUT2D eigenvalue weighted by molar-refractivity contribution is 7.91. The van der Waals surface area contributed by atoms with E-state index < -0.39 is 9.84 Å². The lowest BCUT2D eigenvalue weighted by Gasteiger charge is -2.33. The zero-order valence-electron chi connectivity index (χ0n) is 11.5. The molecule has 1 aromatic rings. The third-order valence-electron chi connectivity index (χ3n) is 3.06. The van der Waals surface area contributed by atoms with Gasteiger partial charge in [0.2, 0.25) is 17.2 Å². The lowest BCUT2D eigenvalue weighted by atomic mass is 10.3. The van der Waals surface area contributed by atoms with Gasteiger partial charge in [0.15, 0.2) is 9.84 Å². The van der Waals surface area contributed by atoms with Crippen LogP contribution in [-0.4, -0.2) is 54.0 Å². The number of nitrogens with zero attached hydrogens (tertiary/aromatic N) is 4. The minimum atomic E-state index is -2.97. The molecule has 0 aromatic carbocycles. The van der Waals surface area contributed by atoms with Crippen molar-refractivity contribution >= 4 is 33.3 Å². The Kier molecular flexibility index (Phi) is 4.64.